The summed E-state index contributed by atoms with van der Waals surface area (Å²) >= 11 is 0. The lowest BCUT2D eigenvalue weighted by atomic mass is 10.1. The van der Waals surface area contributed by atoms with Gasteiger partial charge in [-0.3, -0.25) is 4.79 Å². The van der Waals surface area contributed by atoms with Crippen LogP contribution in [0.5, 0.6) is 5.88 Å². The van der Waals surface area contributed by atoms with E-state index >= 15 is 0 Å². The Bertz CT molecular complexity index is 934. The fourth-order valence-electron chi connectivity index (χ4n) is 2.97. The second-order valence-electron chi connectivity index (χ2n) is 7.17. The van der Waals surface area contributed by atoms with Crippen molar-refractivity contribution in [1.29, 1.82) is 0 Å². The van der Waals surface area contributed by atoms with Crippen LogP contribution >= 0.6 is 0 Å². The predicted octanol–water partition coefficient (Wildman–Crippen LogP) is 6.23. The number of hydrogen-bond donors (Lipinski definition) is 1. The van der Waals surface area contributed by atoms with E-state index in [1.807, 2.05) is 6.08 Å². The minimum atomic E-state index is -4.42. The Balaban J connectivity index is 2.17. The second-order valence-corrected chi connectivity index (χ2v) is 7.17. The molecule has 162 valence electrons. The van der Waals surface area contributed by atoms with E-state index in [0.29, 0.717) is 16.5 Å². The number of carbonyl (C=O) groups excluding carboxylic acids is 1. The Morgan fingerprint density at radius 3 is 2.57 bits per heavy atom. The number of pyridine rings is 1. The number of hydrogen-bond acceptors (Lipinski definition) is 3. The van der Waals surface area contributed by atoms with Crippen LogP contribution in [-0.2, 0) is 11.0 Å². The quantitative estimate of drug-likeness (QED) is 0.215. The number of unbranched alkanes of at least 4 members (excludes halogenated alkanes) is 5. The number of rotatable bonds is 10. The van der Waals surface area contributed by atoms with Crippen molar-refractivity contribution in [1.82, 2.24) is 4.98 Å². The Kier molecular flexibility index (Phi) is 8.45. The van der Waals surface area contributed by atoms with Crippen LogP contribution < -0.4 is 10.5 Å². The summed E-state index contributed by atoms with van der Waals surface area (Å²) in [6.45, 7) is 3.84. The molecule has 7 heteroatoms. The zero-order chi connectivity index (χ0) is 22.1. The molecular weight excluding hydrogens is 393 g/mol. The number of benzene rings is 1. The molecule has 0 aliphatic rings. The molecule has 2 aromatic rings. The molecule has 0 unspecified atom stereocenters. The van der Waals surface area contributed by atoms with E-state index in [4.69, 9.17) is 10.5 Å². The molecule has 0 radical (unpaired) electrons. The highest BCUT2D eigenvalue weighted by Crippen LogP contribution is 2.32. The summed E-state index contributed by atoms with van der Waals surface area (Å²) in [7, 11) is 0. The number of amides is 1. The molecule has 0 aliphatic carbocycles. The topological polar surface area (TPSA) is 65.2 Å². The Morgan fingerprint density at radius 2 is 1.90 bits per heavy atom. The zero-order valence-electron chi connectivity index (χ0n) is 17.3. The van der Waals surface area contributed by atoms with Gasteiger partial charge in [-0.2, -0.15) is 13.2 Å². The van der Waals surface area contributed by atoms with E-state index in [9.17, 15) is 18.0 Å². The Hall–Kier alpha value is -2.83. The lowest BCUT2D eigenvalue weighted by Gasteiger charge is -2.11. The third-order valence-electron chi connectivity index (χ3n) is 4.54. The van der Waals surface area contributed by atoms with E-state index < -0.39 is 17.6 Å². The maximum absolute atomic E-state index is 12.9. The van der Waals surface area contributed by atoms with Gasteiger partial charge in [0, 0.05) is 17.0 Å². The van der Waals surface area contributed by atoms with Crippen molar-refractivity contribution in [2.75, 3.05) is 0 Å². The number of fused-ring (bicyclic) bond motifs is 1. The Morgan fingerprint density at radius 1 is 1.17 bits per heavy atom. The number of carbonyl (C=O) groups is 1. The van der Waals surface area contributed by atoms with Crippen molar-refractivity contribution >= 4 is 16.8 Å². The number of aryl methyl sites for hydroxylation is 1. The van der Waals surface area contributed by atoms with Crippen LogP contribution in [-0.4, -0.2) is 10.9 Å². The first kappa shape index (κ1) is 23.4. The van der Waals surface area contributed by atoms with E-state index in [0.717, 1.165) is 37.5 Å². The van der Waals surface area contributed by atoms with Crippen LogP contribution in [0.15, 0.2) is 48.3 Å². The van der Waals surface area contributed by atoms with Gasteiger partial charge in [-0.25, -0.2) is 4.98 Å². The molecule has 1 aromatic carbocycles. The van der Waals surface area contributed by atoms with Crippen molar-refractivity contribution in [3.05, 3.63) is 59.4 Å². The smallest absolute Gasteiger partial charge is 0.416 e. The van der Waals surface area contributed by atoms with Gasteiger partial charge in [-0.05, 0) is 50.1 Å². The molecule has 30 heavy (non-hydrogen) atoms. The Labute approximate surface area is 174 Å². The summed E-state index contributed by atoms with van der Waals surface area (Å²) in [4.78, 5) is 15.6. The SMILES string of the molecule is CCCCCCC/C=C/C(=C\C(N)=O)Oc1nc2ccc(C(F)(F)F)cc2cc1C. The molecule has 1 heterocycles. The molecule has 4 nitrogen and oxygen atoms in total. The van der Waals surface area contributed by atoms with E-state index in [1.54, 1.807) is 19.1 Å². The first-order valence-corrected chi connectivity index (χ1v) is 10.0. The number of allylic oxidation sites excluding steroid dienone is 2. The van der Waals surface area contributed by atoms with Gasteiger partial charge in [-0.1, -0.05) is 38.7 Å². The van der Waals surface area contributed by atoms with Crippen LogP contribution in [0.1, 0.15) is 56.6 Å². The van der Waals surface area contributed by atoms with Gasteiger partial charge in [0.2, 0.25) is 11.8 Å². The summed E-state index contributed by atoms with van der Waals surface area (Å²) in [5, 5.41) is 0.359. The number of nitrogens with two attached hydrogens (primary N) is 1. The van der Waals surface area contributed by atoms with Gasteiger partial charge in [0.15, 0.2) is 0 Å². The summed E-state index contributed by atoms with van der Waals surface area (Å²) in [5.74, 6) is -0.217. The highest BCUT2D eigenvalue weighted by Gasteiger charge is 2.30. The molecule has 2 rings (SSSR count). The first-order chi connectivity index (χ1) is 14.2. The van der Waals surface area contributed by atoms with Crippen molar-refractivity contribution in [2.45, 2.75) is 58.5 Å². The monoisotopic (exact) mass is 420 g/mol. The third-order valence-corrected chi connectivity index (χ3v) is 4.54. The zero-order valence-corrected chi connectivity index (χ0v) is 17.3. The number of primary amides is 1. The molecule has 2 N–H and O–H groups in total. The number of aromatic nitrogens is 1. The van der Waals surface area contributed by atoms with Crippen molar-refractivity contribution in [2.24, 2.45) is 5.73 Å². The number of halogens is 3. The van der Waals surface area contributed by atoms with E-state index in [2.05, 4.69) is 11.9 Å². The molecule has 0 fully saturated rings. The maximum atomic E-state index is 12.9. The van der Waals surface area contributed by atoms with Crippen LogP contribution in [0.3, 0.4) is 0 Å². The average Bonchev–Trinajstić information content (AvgIpc) is 2.66. The van der Waals surface area contributed by atoms with Gasteiger partial charge in [0.05, 0.1) is 11.1 Å². The van der Waals surface area contributed by atoms with E-state index in [-0.39, 0.29) is 11.6 Å². The molecule has 1 amide bonds. The second kappa shape index (κ2) is 10.8. The number of alkyl halides is 3. The molecule has 0 spiro atoms. The minimum Gasteiger partial charge on any atom is -0.439 e. The van der Waals surface area contributed by atoms with Crippen LogP contribution in [0.2, 0.25) is 0 Å². The summed E-state index contributed by atoms with van der Waals surface area (Å²) in [5.41, 5.74) is 5.44. The highest BCUT2D eigenvalue weighted by atomic mass is 19.4. The van der Waals surface area contributed by atoms with Crippen LogP contribution in [0, 0.1) is 6.92 Å². The predicted molar refractivity (Wildman–Crippen MR) is 112 cm³/mol. The van der Waals surface area contributed by atoms with Gasteiger partial charge in [0.25, 0.3) is 0 Å². The fraction of sp³-hybridized carbons (Fsp3) is 0.391. The normalized spacial score (nSPS) is 12.6. The number of nitrogens with zero attached hydrogens (tertiary/aromatic N) is 1. The summed E-state index contributed by atoms with van der Waals surface area (Å²) in [6, 6.07) is 4.91. The van der Waals surface area contributed by atoms with Crippen LogP contribution in [0.4, 0.5) is 13.2 Å². The lowest BCUT2D eigenvalue weighted by Crippen LogP contribution is -2.09. The molecule has 0 aliphatic heterocycles. The molecule has 0 bridgehead atoms. The summed E-state index contributed by atoms with van der Waals surface area (Å²) < 4.78 is 44.5. The summed E-state index contributed by atoms with van der Waals surface area (Å²) in [6.07, 6.45) is 6.93. The molecule has 0 atom stereocenters. The largest absolute Gasteiger partial charge is 0.439 e. The van der Waals surface area contributed by atoms with Crippen molar-refractivity contribution in [3.8, 4) is 5.88 Å². The maximum Gasteiger partial charge on any atom is 0.416 e. The van der Waals surface area contributed by atoms with Gasteiger partial charge in [-0.15, -0.1) is 0 Å². The first-order valence-electron chi connectivity index (χ1n) is 10.0. The molecule has 1 aromatic heterocycles. The van der Waals surface area contributed by atoms with Crippen molar-refractivity contribution < 1.29 is 22.7 Å². The number of ether oxygens (including phenoxy) is 1. The average molecular weight is 420 g/mol. The van der Waals surface area contributed by atoms with Gasteiger partial charge in [0.1, 0.15) is 5.76 Å². The fourth-order valence-corrected chi connectivity index (χ4v) is 2.97. The standard InChI is InChI=1S/C23H27F3N2O2/c1-3-4-5-6-7-8-9-10-19(15-21(27)29)30-22-16(2)13-17-14-18(23(24,25)26)11-12-20(17)28-22/h9-15H,3-8H2,1-2H3,(H2,27,29)/b10-9+,19-15+. The lowest BCUT2D eigenvalue weighted by molar-refractivity contribution is -0.137. The molecule has 0 saturated heterocycles. The molecular formula is C23H27F3N2O2. The minimum absolute atomic E-state index is 0.211. The molecule has 0 saturated carbocycles. The third kappa shape index (κ3) is 7.21. The highest BCUT2D eigenvalue weighted by molar-refractivity contribution is 5.86. The van der Waals surface area contributed by atoms with Gasteiger partial charge >= 0.3 is 6.18 Å². The van der Waals surface area contributed by atoms with Crippen LogP contribution in [0.25, 0.3) is 10.9 Å². The van der Waals surface area contributed by atoms with E-state index in [1.165, 1.54) is 25.3 Å². The van der Waals surface area contributed by atoms with Crippen molar-refractivity contribution in [3.63, 3.8) is 0 Å². The van der Waals surface area contributed by atoms with Gasteiger partial charge < -0.3 is 10.5 Å².